The molecule has 1 fully saturated rings. The molecule has 1 saturated carbocycles. The number of aromatic nitrogens is 2. The van der Waals surface area contributed by atoms with E-state index in [1.54, 1.807) is 0 Å². The standard InChI is InChI=1S/C18H33N3/c1-3-4-5-7-10-16(19-2)15-17-13-14-21(20-17)18-11-8-6-9-12-18/h13-14,16,18-19H,3-12,15H2,1-2H3. The highest BCUT2D eigenvalue weighted by atomic mass is 15.3. The molecule has 21 heavy (non-hydrogen) atoms. The number of likely N-dealkylation sites (N-methyl/N-ethyl adjacent to an activating group) is 1. The van der Waals surface area contributed by atoms with Crippen molar-refractivity contribution in [3.05, 3.63) is 18.0 Å². The molecule has 1 aliphatic rings. The molecule has 3 nitrogen and oxygen atoms in total. The van der Waals surface area contributed by atoms with Gasteiger partial charge >= 0.3 is 0 Å². The minimum absolute atomic E-state index is 0.580. The highest BCUT2D eigenvalue weighted by molar-refractivity contribution is 5.02. The van der Waals surface area contributed by atoms with Crippen molar-refractivity contribution in [2.75, 3.05) is 7.05 Å². The second-order valence-corrected chi connectivity index (χ2v) is 6.62. The normalized spacial score (nSPS) is 18.0. The second kappa shape index (κ2) is 9.24. The third kappa shape index (κ3) is 5.46. The van der Waals surface area contributed by atoms with Crippen molar-refractivity contribution in [3.8, 4) is 0 Å². The van der Waals surface area contributed by atoms with Gasteiger partial charge in [-0.25, -0.2) is 0 Å². The lowest BCUT2D eigenvalue weighted by Crippen LogP contribution is -2.27. The zero-order valence-electron chi connectivity index (χ0n) is 14.0. The zero-order valence-corrected chi connectivity index (χ0v) is 14.0. The molecule has 2 rings (SSSR count). The van der Waals surface area contributed by atoms with Gasteiger partial charge in [0, 0.05) is 18.7 Å². The van der Waals surface area contributed by atoms with E-state index < -0.39 is 0 Å². The van der Waals surface area contributed by atoms with Crippen LogP contribution in [0.15, 0.2) is 12.3 Å². The van der Waals surface area contributed by atoms with Gasteiger partial charge in [-0.3, -0.25) is 4.68 Å². The van der Waals surface area contributed by atoms with E-state index in [0.29, 0.717) is 12.1 Å². The van der Waals surface area contributed by atoms with Gasteiger partial charge in [0.2, 0.25) is 0 Å². The number of nitrogens with one attached hydrogen (secondary N) is 1. The smallest absolute Gasteiger partial charge is 0.0640 e. The Morgan fingerprint density at radius 2 is 2.05 bits per heavy atom. The van der Waals surface area contributed by atoms with Gasteiger partial charge in [0.15, 0.2) is 0 Å². The Hall–Kier alpha value is -0.830. The average Bonchev–Trinajstić information content (AvgIpc) is 3.00. The summed E-state index contributed by atoms with van der Waals surface area (Å²) in [5.74, 6) is 0. The third-order valence-electron chi connectivity index (χ3n) is 4.88. The highest BCUT2D eigenvalue weighted by Gasteiger charge is 2.17. The summed E-state index contributed by atoms with van der Waals surface area (Å²) < 4.78 is 2.23. The lowest BCUT2D eigenvalue weighted by molar-refractivity contribution is 0.327. The molecule has 0 saturated heterocycles. The minimum Gasteiger partial charge on any atom is -0.317 e. The fourth-order valence-corrected chi connectivity index (χ4v) is 3.45. The van der Waals surface area contributed by atoms with Crippen molar-refractivity contribution in [1.82, 2.24) is 15.1 Å². The topological polar surface area (TPSA) is 29.9 Å². The summed E-state index contributed by atoms with van der Waals surface area (Å²) in [6.07, 6.45) is 16.7. The minimum atomic E-state index is 0.580. The molecule has 1 aliphatic carbocycles. The summed E-state index contributed by atoms with van der Waals surface area (Å²) in [4.78, 5) is 0. The summed E-state index contributed by atoms with van der Waals surface area (Å²) in [6, 6.07) is 3.46. The van der Waals surface area contributed by atoms with E-state index in [0.717, 1.165) is 6.42 Å². The van der Waals surface area contributed by atoms with Crippen molar-refractivity contribution in [2.24, 2.45) is 0 Å². The van der Waals surface area contributed by atoms with Gasteiger partial charge in [0.1, 0.15) is 0 Å². The molecule has 0 spiro atoms. The number of unbranched alkanes of at least 4 members (excludes halogenated alkanes) is 3. The lowest BCUT2D eigenvalue weighted by atomic mass is 9.96. The molecule has 1 atom stereocenters. The molecule has 120 valence electrons. The van der Waals surface area contributed by atoms with Crippen molar-refractivity contribution >= 4 is 0 Å². The first kappa shape index (κ1) is 16.5. The molecule has 0 aliphatic heterocycles. The maximum atomic E-state index is 4.84. The Bertz CT molecular complexity index is 380. The molecule has 1 aromatic rings. The molecule has 0 bridgehead atoms. The van der Waals surface area contributed by atoms with Gasteiger partial charge in [-0.1, -0.05) is 51.9 Å². The summed E-state index contributed by atoms with van der Waals surface area (Å²) in [5, 5.41) is 8.31. The van der Waals surface area contributed by atoms with Crippen molar-refractivity contribution < 1.29 is 0 Å². The van der Waals surface area contributed by atoms with E-state index in [1.807, 2.05) is 0 Å². The van der Waals surface area contributed by atoms with Gasteiger partial charge in [-0.05, 0) is 32.4 Å². The maximum absolute atomic E-state index is 4.84. The van der Waals surface area contributed by atoms with Crippen LogP contribution in [0.3, 0.4) is 0 Å². The molecule has 1 N–H and O–H groups in total. The summed E-state index contributed by atoms with van der Waals surface area (Å²) >= 11 is 0. The van der Waals surface area contributed by atoms with E-state index >= 15 is 0 Å². The van der Waals surface area contributed by atoms with Crippen molar-refractivity contribution in [2.45, 2.75) is 89.6 Å². The van der Waals surface area contributed by atoms with E-state index in [-0.39, 0.29) is 0 Å². The third-order valence-corrected chi connectivity index (χ3v) is 4.88. The molecule has 1 aromatic heterocycles. The lowest BCUT2D eigenvalue weighted by Gasteiger charge is -2.22. The highest BCUT2D eigenvalue weighted by Crippen LogP contribution is 2.27. The largest absolute Gasteiger partial charge is 0.317 e. The van der Waals surface area contributed by atoms with Gasteiger partial charge < -0.3 is 5.32 Å². The van der Waals surface area contributed by atoms with Crippen LogP contribution in [0.4, 0.5) is 0 Å². The Kier molecular flexibility index (Phi) is 7.28. The van der Waals surface area contributed by atoms with E-state index in [9.17, 15) is 0 Å². The van der Waals surface area contributed by atoms with Crippen molar-refractivity contribution in [3.63, 3.8) is 0 Å². The molecule has 0 amide bonds. The first-order valence-corrected chi connectivity index (χ1v) is 9.04. The van der Waals surface area contributed by atoms with Crippen LogP contribution in [-0.2, 0) is 6.42 Å². The van der Waals surface area contributed by atoms with Gasteiger partial charge in [0.25, 0.3) is 0 Å². The van der Waals surface area contributed by atoms with E-state index in [4.69, 9.17) is 5.10 Å². The fourth-order valence-electron chi connectivity index (χ4n) is 3.45. The Morgan fingerprint density at radius 1 is 1.24 bits per heavy atom. The predicted octanol–water partition coefficient (Wildman–Crippen LogP) is 4.49. The number of hydrogen-bond donors (Lipinski definition) is 1. The van der Waals surface area contributed by atoms with Crippen LogP contribution in [-0.4, -0.2) is 22.9 Å². The number of hydrogen-bond acceptors (Lipinski definition) is 2. The van der Waals surface area contributed by atoms with Crippen LogP contribution >= 0.6 is 0 Å². The Labute approximate surface area is 130 Å². The van der Waals surface area contributed by atoms with Crippen LogP contribution < -0.4 is 5.32 Å². The molecule has 0 aromatic carbocycles. The SMILES string of the molecule is CCCCCCC(Cc1ccn(C2CCCCC2)n1)NC. The van der Waals surface area contributed by atoms with Gasteiger partial charge in [-0.2, -0.15) is 5.10 Å². The first-order valence-electron chi connectivity index (χ1n) is 9.04. The zero-order chi connectivity index (χ0) is 14.9. The number of rotatable bonds is 9. The summed E-state index contributed by atoms with van der Waals surface area (Å²) in [6.45, 7) is 2.27. The van der Waals surface area contributed by atoms with Gasteiger partial charge in [-0.15, -0.1) is 0 Å². The van der Waals surface area contributed by atoms with Crippen LogP contribution in [0.1, 0.15) is 82.9 Å². The van der Waals surface area contributed by atoms with Crippen LogP contribution in [0.2, 0.25) is 0 Å². The summed E-state index contributed by atoms with van der Waals surface area (Å²) in [7, 11) is 2.09. The van der Waals surface area contributed by atoms with Crippen LogP contribution in [0.5, 0.6) is 0 Å². The van der Waals surface area contributed by atoms with Crippen LogP contribution in [0.25, 0.3) is 0 Å². The average molecular weight is 291 g/mol. The molecule has 1 unspecified atom stereocenters. The maximum Gasteiger partial charge on any atom is 0.0640 e. The number of nitrogens with zero attached hydrogens (tertiary/aromatic N) is 2. The Balaban J connectivity index is 1.79. The van der Waals surface area contributed by atoms with Gasteiger partial charge in [0.05, 0.1) is 11.7 Å². The fraction of sp³-hybridized carbons (Fsp3) is 0.833. The molecular formula is C18H33N3. The van der Waals surface area contributed by atoms with E-state index in [1.165, 1.54) is 69.9 Å². The summed E-state index contributed by atoms with van der Waals surface area (Å²) in [5.41, 5.74) is 1.26. The molecule has 1 heterocycles. The monoisotopic (exact) mass is 291 g/mol. The van der Waals surface area contributed by atoms with Crippen LogP contribution in [0, 0.1) is 0 Å². The molecular weight excluding hydrogens is 258 g/mol. The second-order valence-electron chi connectivity index (χ2n) is 6.62. The molecule has 0 radical (unpaired) electrons. The molecule has 3 heteroatoms. The predicted molar refractivity (Wildman–Crippen MR) is 89.7 cm³/mol. The van der Waals surface area contributed by atoms with E-state index in [2.05, 4.69) is 36.2 Å². The Morgan fingerprint density at radius 3 is 2.76 bits per heavy atom. The quantitative estimate of drug-likeness (QED) is 0.679. The van der Waals surface area contributed by atoms with Crippen molar-refractivity contribution in [1.29, 1.82) is 0 Å². The first-order chi connectivity index (χ1) is 10.3.